The molecule has 0 amide bonds. The molecule has 6 nitrogen and oxygen atoms in total. The van der Waals surface area contributed by atoms with Gasteiger partial charge in [-0.05, 0) is 89.9 Å². The predicted octanol–water partition coefficient (Wildman–Crippen LogP) is 24.2. The van der Waals surface area contributed by atoms with E-state index < -0.39 is 6.10 Å². The molecule has 468 valence electrons. The monoisotopic (exact) mass is 1130 g/mol. The average Bonchev–Trinajstić information content (AvgIpc) is 3.47. The largest absolute Gasteiger partial charge is 0.462 e. The van der Waals surface area contributed by atoms with Crippen molar-refractivity contribution in [1.29, 1.82) is 0 Å². The Morgan fingerprint density at radius 2 is 0.494 bits per heavy atom. The van der Waals surface area contributed by atoms with Crippen LogP contribution in [0.3, 0.4) is 0 Å². The first-order valence-corrected chi connectivity index (χ1v) is 35.1. The molecule has 0 fully saturated rings. The number of rotatable bonds is 64. The molecule has 0 saturated heterocycles. The average molecular weight is 1130 g/mol. The second-order valence-corrected chi connectivity index (χ2v) is 23.4. The van der Waals surface area contributed by atoms with E-state index in [1.807, 2.05) is 0 Å². The van der Waals surface area contributed by atoms with Crippen LogP contribution < -0.4 is 0 Å². The minimum absolute atomic E-state index is 0.0930. The van der Waals surface area contributed by atoms with Crippen LogP contribution in [0.5, 0.6) is 0 Å². The maximum absolute atomic E-state index is 12.9. The van der Waals surface area contributed by atoms with E-state index in [0.717, 1.165) is 83.5 Å². The second kappa shape index (κ2) is 69.1. The Bertz CT molecular complexity index is 1530. The number of ether oxygens (including phenoxy) is 3. The third kappa shape index (κ3) is 67.3. The Labute approximate surface area is 503 Å². The highest BCUT2D eigenvalue weighted by Gasteiger charge is 2.19. The molecule has 0 heterocycles. The number of esters is 3. The van der Waals surface area contributed by atoms with Gasteiger partial charge < -0.3 is 14.2 Å². The topological polar surface area (TPSA) is 78.9 Å². The van der Waals surface area contributed by atoms with Gasteiger partial charge in [0.15, 0.2) is 6.10 Å². The molecule has 0 radical (unpaired) electrons. The molecule has 6 heteroatoms. The molecule has 0 aliphatic rings. The molecule has 0 bridgehead atoms. The highest BCUT2D eigenvalue weighted by Crippen LogP contribution is 2.18. The number of carbonyl (C=O) groups is 3. The van der Waals surface area contributed by atoms with Gasteiger partial charge in [0.25, 0.3) is 0 Å². The molecule has 0 N–H and O–H groups in total. The second-order valence-electron chi connectivity index (χ2n) is 23.4. The van der Waals surface area contributed by atoms with Crippen LogP contribution in [0.15, 0.2) is 85.1 Å². The van der Waals surface area contributed by atoms with Crippen molar-refractivity contribution in [3.05, 3.63) is 85.1 Å². The van der Waals surface area contributed by atoms with E-state index in [1.165, 1.54) is 225 Å². The van der Waals surface area contributed by atoms with Crippen LogP contribution in [0.1, 0.15) is 355 Å². The van der Waals surface area contributed by atoms with Gasteiger partial charge >= 0.3 is 17.9 Å². The normalized spacial score (nSPS) is 12.6. The van der Waals surface area contributed by atoms with E-state index in [2.05, 4.69) is 106 Å². The summed E-state index contributed by atoms with van der Waals surface area (Å²) in [5, 5.41) is 0. The van der Waals surface area contributed by atoms with E-state index in [-0.39, 0.29) is 37.5 Å². The molecule has 81 heavy (non-hydrogen) atoms. The molecule has 1 unspecified atom stereocenters. The maximum atomic E-state index is 12.9. The van der Waals surface area contributed by atoms with Gasteiger partial charge in [-0.25, -0.2) is 0 Å². The highest BCUT2D eigenvalue weighted by molar-refractivity contribution is 5.71. The summed E-state index contributed by atoms with van der Waals surface area (Å²) in [6.45, 7) is 6.50. The maximum Gasteiger partial charge on any atom is 0.306 e. The van der Waals surface area contributed by atoms with Crippen molar-refractivity contribution in [2.45, 2.75) is 361 Å². The molecule has 0 aromatic heterocycles. The standard InChI is InChI=1S/C75H132O6/c1-4-7-10-13-16-19-22-25-28-31-33-34-35-36-37-38-39-40-42-44-47-50-53-56-59-62-65-68-74(77)80-71-72(70-79-73(76)67-64-61-58-55-52-49-46-43-30-27-24-21-18-15-12-9-6-3)81-75(78)69-66-63-60-57-54-51-48-45-41-32-29-26-23-20-17-14-11-8-5-2/h9,12,17-18,20-21,26-27,29-30,46,49,55,58,72H,4-8,10-11,13-16,19,22-25,28,31-45,47-48,50-54,56-57,59-71H2,1-3H3/b12-9-,20-17-,21-18-,29-26-,30-27-,49-46-,58-55-. The number of allylic oxidation sites excluding steroid dienone is 14. The number of hydrogen-bond donors (Lipinski definition) is 0. The van der Waals surface area contributed by atoms with Crippen LogP contribution >= 0.6 is 0 Å². The van der Waals surface area contributed by atoms with Gasteiger partial charge in [-0.1, -0.05) is 331 Å². The summed E-state index contributed by atoms with van der Waals surface area (Å²) in [6, 6.07) is 0. The summed E-state index contributed by atoms with van der Waals surface area (Å²) in [5.41, 5.74) is 0. The van der Waals surface area contributed by atoms with Crippen LogP contribution in [0.25, 0.3) is 0 Å². The van der Waals surface area contributed by atoms with Crippen LogP contribution in [-0.2, 0) is 28.6 Å². The zero-order valence-electron chi connectivity index (χ0n) is 53.8. The number of unbranched alkanes of at least 4 members (excludes halogenated alkanes) is 39. The lowest BCUT2D eigenvalue weighted by Gasteiger charge is -2.18. The first-order chi connectivity index (χ1) is 40.0. The molecular formula is C75H132O6. The zero-order chi connectivity index (χ0) is 58.5. The fourth-order valence-corrected chi connectivity index (χ4v) is 10.2. The summed E-state index contributed by atoms with van der Waals surface area (Å²) < 4.78 is 16.9. The summed E-state index contributed by atoms with van der Waals surface area (Å²) in [7, 11) is 0. The van der Waals surface area contributed by atoms with E-state index >= 15 is 0 Å². The van der Waals surface area contributed by atoms with Crippen molar-refractivity contribution in [2.24, 2.45) is 0 Å². The third-order valence-electron chi connectivity index (χ3n) is 15.4. The van der Waals surface area contributed by atoms with Gasteiger partial charge in [0, 0.05) is 19.3 Å². The quantitative estimate of drug-likeness (QED) is 0.0261. The van der Waals surface area contributed by atoms with Gasteiger partial charge in [0.1, 0.15) is 13.2 Å². The van der Waals surface area contributed by atoms with Gasteiger partial charge in [-0.2, -0.15) is 0 Å². The third-order valence-corrected chi connectivity index (χ3v) is 15.4. The molecule has 0 aromatic carbocycles. The molecule has 1 atom stereocenters. The summed E-state index contributed by atoms with van der Waals surface area (Å²) in [6.07, 6.45) is 91.9. The lowest BCUT2D eigenvalue weighted by atomic mass is 10.0. The zero-order valence-corrected chi connectivity index (χ0v) is 53.8. The van der Waals surface area contributed by atoms with Crippen LogP contribution in [0, 0.1) is 0 Å². The lowest BCUT2D eigenvalue weighted by Crippen LogP contribution is -2.30. The van der Waals surface area contributed by atoms with Crippen molar-refractivity contribution in [3.8, 4) is 0 Å². The molecule has 0 aliphatic carbocycles. The molecule has 0 spiro atoms. The Kier molecular flexibility index (Phi) is 66.2. The SMILES string of the molecule is CC/C=C\C/C=C\C/C=C\C/C=C\C/C=C\CCCC(=O)OCC(COC(=O)CCCCCCCCCCCCCCCCCCCCCCCCCCCCC)OC(=O)CCCCCCCCCCC/C=C\C/C=C\CCCCC. The fraction of sp³-hybridized carbons (Fsp3) is 0.773. The Balaban J connectivity index is 4.33. The highest BCUT2D eigenvalue weighted by atomic mass is 16.6. The van der Waals surface area contributed by atoms with E-state index in [1.54, 1.807) is 0 Å². The molecule has 0 aliphatic heterocycles. The van der Waals surface area contributed by atoms with Crippen molar-refractivity contribution in [3.63, 3.8) is 0 Å². The van der Waals surface area contributed by atoms with E-state index in [4.69, 9.17) is 14.2 Å². The fourth-order valence-electron chi connectivity index (χ4n) is 10.2. The molecule has 0 saturated carbocycles. The minimum atomic E-state index is -0.803. The molecular weight excluding hydrogens is 997 g/mol. The van der Waals surface area contributed by atoms with E-state index in [9.17, 15) is 14.4 Å². The number of carbonyl (C=O) groups excluding carboxylic acids is 3. The van der Waals surface area contributed by atoms with Crippen LogP contribution in [0.2, 0.25) is 0 Å². The van der Waals surface area contributed by atoms with Gasteiger partial charge in [-0.3, -0.25) is 14.4 Å². The first-order valence-electron chi connectivity index (χ1n) is 35.1. The summed E-state index contributed by atoms with van der Waals surface area (Å²) in [4.78, 5) is 38.4. The van der Waals surface area contributed by atoms with Crippen molar-refractivity contribution >= 4 is 17.9 Å². The summed E-state index contributed by atoms with van der Waals surface area (Å²) in [5.74, 6) is -0.941. The minimum Gasteiger partial charge on any atom is -0.462 e. The van der Waals surface area contributed by atoms with Gasteiger partial charge in [0.2, 0.25) is 0 Å². The van der Waals surface area contributed by atoms with Crippen molar-refractivity contribution in [1.82, 2.24) is 0 Å². The van der Waals surface area contributed by atoms with Crippen LogP contribution in [-0.4, -0.2) is 37.2 Å². The molecule has 0 rings (SSSR count). The Morgan fingerprint density at radius 1 is 0.259 bits per heavy atom. The summed E-state index contributed by atoms with van der Waals surface area (Å²) >= 11 is 0. The Hall–Kier alpha value is -3.41. The number of hydrogen-bond acceptors (Lipinski definition) is 6. The van der Waals surface area contributed by atoms with Crippen LogP contribution in [0.4, 0.5) is 0 Å². The lowest BCUT2D eigenvalue weighted by molar-refractivity contribution is -0.167. The van der Waals surface area contributed by atoms with Gasteiger partial charge in [0.05, 0.1) is 0 Å². The van der Waals surface area contributed by atoms with Crippen molar-refractivity contribution in [2.75, 3.05) is 13.2 Å². The van der Waals surface area contributed by atoms with Crippen molar-refractivity contribution < 1.29 is 28.6 Å². The Morgan fingerprint density at radius 3 is 0.827 bits per heavy atom. The smallest absolute Gasteiger partial charge is 0.306 e. The molecule has 0 aromatic rings. The first kappa shape index (κ1) is 77.6. The predicted molar refractivity (Wildman–Crippen MR) is 353 cm³/mol. The van der Waals surface area contributed by atoms with E-state index in [0.29, 0.717) is 19.3 Å². The van der Waals surface area contributed by atoms with Gasteiger partial charge in [-0.15, -0.1) is 0 Å².